The molecule has 20 nitrogen and oxygen atoms in total. The summed E-state index contributed by atoms with van der Waals surface area (Å²) in [6.07, 6.45) is 0.563. The van der Waals surface area contributed by atoms with Crippen LogP contribution < -0.4 is 29.9 Å². The fourth-order valence-corrected chi connectivity index (χ4v) is 8.72. The maximum atomic E-state index is 14.1. The normalized spacial score (nSPS) is 16.4. The number of rotatable bonds is 18. The van der Waals surface area contributed by atoms with Crippen molar-refractivity contribution in [1.82, 2.24) is 14.8 Å². The molecule has 1 aromatic heterocycles. The number of carbonyl (C=O) groups is 4. The molecular formula is C43H52N6O14S2. The quantitative estimate of drug-likeness (QED) is 0.0329. The summed E-state index contributed by atoms with van der Waals surface area (Å²) in [5, 5.41) is 36.8. The minimum Gasteiger partial charge on any atom is -0.493 e. The van der Waals surface area contributed by atoms with E-state index in [4.69, 9.17) is 28.7 Å². The largest absolute Gasteiger partial charge is 0.493 e. The van der Waals surface area contributed by atoms with Crippen LogP contribution >= 0.6 is 21.6 Å². The van der Waals surface area contributed by atoms with E-state index in [9.17, 15) is 39.5 Å². The SMILES string of the molecule is C=C1C[C@@H](CO)N(C(=O)c2cc(OC)c(OOc3cc(NC(=O)OC(C)(C)C)c(C(=O)N4CC(=C)C[C@H]4CO)cc3OC)cc2NC(=O)OCC[C@@H](C)SSc2ccc([N+](=O)[O-])cn2)C1. The topological polar surface area (TPSA) is 251 Å². The van der Waals surface area contributed by atoms with Crippen LogP contribution in [0.25, 0.3) is 0 Å². The van der Waals surface area contributed by atoms with Gasteiger partial charge in [-0.25, -0.2) is 14.6 Å². The number of nitrogens with one attached hydrogen (secondary N) is 2. The number of aliphatic hydroxyl groups excluding tert-OH is 2. The van der Waals surface area contributed by atoms with Crippen LogP contribution in [0, 0.1) is 10.1 Å². The molecular weight excluding hydrogens is 889 g/mol. The second-order valence-corrected chi connectivity index (χ2v) is 18.6. The van der Waals surface area contributed by atoms with E-state index in [0.29, 0.717) is 24.3 Å². The maximum absolute atomic E-state index is 14.1. The number of aliphatic hydroxyl groups is 2. The molecule has 2 fully saturated rings. The first-order valence-corrected chi connectivity index (χ1v) is 22.4. The molecule has 350 valence electrons. The van der Waals surface area contributed by atoms with Gasteiger partial charge in [0, 0.05) is 36.5 Å². The highest BCUT2D eigenvalue weighted by Gasteiger charge is 2.35. The van der Waals surface area contributed by atoms with E-state index in [2.05, 4.69) is 28.8 Å². The third-order valence-corrected chi connectivity index (χ3v) is 12.7. The van der Waals surface area contributed by atoms with Crippen molar-refractivity contribution in [2.24, 2.45) is 0 Å². The predicted molar refractivity (Wildman–Crippen MR) is 242 cm³/mol. The number of methoxy groups -OCH3 is 2. The van der Waals surface area contributed by atoms with Crippen molar-refractivity contribution >= 4 is 62.7 Å². The number of pyridine rings is 1. The fourth-order valence-electron chi connectivity index (χ4n) is 6.67. The lowest BCUT2D eigenvalue weighted by molar-refractivity contribution is -0.385. The van der Waals surface area contributed by atoms with E-state index in [0.717, 1.165) is 11.1 Å². The van der Waals surface area contributed by atoms with Gasteiger partial charge < -0.3 is 39.0 Å². The van der Waals surface area contributed by atoms with Crippen molar-refractivity contribution in [2.45, 2.75) is 74.9 Å². The highest BCUT2D eigenvalue weighted by Crippen LogP contribution is 2.40. The molecule has 3 heterocycles. The van der Waals surface area contributed by atoms with Gasteiger partial charge in [-0.3, -0.25) is 40.1 Å². The minimum absolute atomic E-state index is 0.00606. The van der Waals surface area contributed by atoms with Crippen molar-refractivity contribution in [3.8, 4) is 23.0 Å². The van der Waals surface area contributed by atoms with Gasteiger partial charge in [-0.05, 0) is 69.0 Å². The summed E-state index contributed by atoms with van der Waals surface area (Å²) in [4.78, 5) is 83.3. The number of hydrogen-bond donors (Lipinski definition) is 4. The van der Waals surface area contributed by atoms with E-state index in [-0.39, 0.29) is 89.3 Å². The van der Waals surface area contributed by atoms with Gasteiger partial charge in [0.15, 0.2) is 11.5 Å². The average molecular weight is 941 g/mol. The van der Waals surface area contributed by atoms with Crippen molar-refractivity contribution in [2.75, 3.05) is 57.8 Å². The summed E-state index contributed by atoms with van der Waals surface area (Å²) in [6.45, 7) is 14.5. The molecule has 0 aliphatic carbocycles. The number of nitrogens with zero attached hydrogens (tertiary/aromatic N) is 4. The molecule has 2 aliphatic rings. The first-order chi connectivity index (χ1) is 30.8. The number of aromatic nitrogens is 1. The molecule has 22 heteroatoms. The Labute approximate surface area is 383 Å². The Kier molecular flexibility index (Phi) is 16.9. The van der Waals surface area contributed by atoms with Gasteiger partial charge >= 0.3 is 12.2 Å². The Bertz CT molecular complexity index is 2290. The molecule has 0 spiro atoms. The highest BCUT2D eigenvalue weighted by molar-refractivity contribution is 8.76. The zero-order chi connectivity index (χ0) is 47.6. The number of ether oxygens (including phenoxy) is 4. The number of anilines is 2. The summed E-state index contributed by atoms with van der Waals surface area (Å²) >= 11 is 0. The number of nitro groups is 1. The first kappa shape index (κ1) is 49.8. The Balaban J connectivity index is 1.40. The van der Waals surface area contributed by atoms with Crippen LogP contribution in [0.2, 0.25) is 0 Å². The predicted octanol–water partition coefficient (Wildman–Crippen LogP) is 7.02. The zero-order valence-corrected chi connectivity index (χ0v) is 38.4. The second-order valence-electron chi connectivity index (χ2n) is 16.0. The van der Waals surface area contributed by atoms with E-state index in [1.165, 1.54) is 82.1 Å². The van der Waals surface area contributed by atoms with Gasteiger partial charge in [0.05, 0.1) is 73.5 Å². The van der Waals surface area contributed by atoms with Crippen LogP contribution in [-0.4, -0.2) is 124 Å². The van der Waals surface area contributed by atoms with Gasteiger partial charge in [-0.15, -0.1) is 0 Å². The first-order valence-electron chi connectivity index (χ1n) is 20.2. The van der Waals surface area contributed by atoms with Crippen LogP contribution in [0.1, 0.15) is 67.7 Å². The van der Waals surface area contributed by atoms with Crippen LogP contribution in [0.15, 0.2) is 71.9 Å². The Morgan fingerprint density at radius 2 is 1.37 bits per heavy atom. The molecule has 0 saturated carbocycles. The lowest BCUT2D eigenvalue weighted by Crippen LogP contribution is -2.38. The Morgan fingerprint density at radius 3 is 1.80 bits per heavy atom. The molecule has 3 aromatic rings. The van der Waals surface area contributed by atoms with Crippen molar-refractivity contribution in [3.05, 3.63) is 88.1 Å². The average Bonchev–Trinajstić information content (AvgIpc) is 3.84. The Morgan fingerprint density at radius 1 is 0.862 bits per heavy atom. The molecule has 2 saturated heterocycles. The van der Waals surface area contributed by atoms with E-state index in [1.54, 1.807) is 26.8 Å². The molecule has 4 amide bonds. The highest BCUT2D eigenvalue weighted by atomic mass is 33.1. The zero-order valence-electron chi connectivity index (χ0n) is 36.7. The van der Waals surface area contributed by atoms with Crippen molar-refractivity contribution in [1.29, 1.82) is 0 Å². The van der Waals surface area contributed by atoms with E-state index < -0.39 is 46.6 Å². The van der Waals surface area contributed by atoms with Crippen molar-refractivity contribution in [3.63, 3.8) is 0 Å². The van der Waals surface area contributed by atoms with Gasteiger partial charge in [-0.1, -0.05) is 42.0 Å². The summed E-state index contributed by atoms with van der Waals surface area (Å²) in [6, 6.07) is 7.01. The third-order valence-electron chi connectivity index (χ3n) is 9.81. The smallest absolute Gasteiger partial charge is 0.412 e. The number of benzene rings is 2. The molecule has 3 atom stereocenters. The number of likely N-dealkylation sites (tertiary alicyclic amines) is 2. The molecule has 0 bridgehead atoms. The van der Waals surface area contributed by atoms with Gasteiger partial charge in [0.25, 0.3) is 17.5 Å². The molecule has 0 radical (unpaired) electrons. The summed E-state index contributed by atoms with van der Waals surface area (Å²) in [7, 11) is 5.39. The molecule has 2 aliphatic heterocycles. The van der Waals surface area contributed by atoms with Gasteiger partial charge in [0.2, 0.25) is 11.5 Å². The number of hydrogen-bond acceptors (Lipinski definition) is 17. The summed E-state index contributed by atoms with van der Waals surface area (Å²) in [5.41, 5.74) is 0.282. The third kappa shape index (κ3) is 13.2. The standard InChI is InChI=1S/C43H52N6O14S2/c1-24-13-28(22-50)47(20-24)39(52)30-15-34(58-7)36(17-32(30)45-41(54)60-12-11-26(3)64-65-38-10-9-27(19-44-38)49(56)57)62-63-37-18-33(46-42(55)61-43(4,5)6)31(16-35(37)59-8)40(53)48-21-25(2)14-29(48)23-51/h9-10,15-19,26,28-29,50-51H,1-2,11-14,20-23H2,3-8H3,(H,45,54)(H,46,55)/t26-,28+,29+/m1/s1. The number of amides is 4. The monoisotopic (exact) mass is 940 g/mol. The van der Waals surface area contributed by atoms with Gasteiger partial charge in [0.1, 0.15) is 16.8 Å². The molecule has 65 heavy (non-hydrogen) atoms. The van der Waals surface area contributed by atoms with E-state index in [1.807, 2.05) is 6.92 Å². The Hall–Kier alpha value is -6.23. The van der Waals surface area contributed by atoms with Gasteiger partial charge in [-0.2, -0.15) is 0 Å². The van der Waals surface area contributed by atoms with Crippen LogP contribution in [0.4, 0.5) is 26.7 Å². The second kappa shape index (κ2) is 22.1. The maximum Gasteiger partial charge on any atom is 0.412 e. The van der Waals surface area contributed by atoms with Crippen LogP contribution in [0.3, 0.4) is 0 Å². The molecule has 5 rings (SSSR count). The summed E-state index contributed by atoms with van der Waals surface area (Å²) < 4.78 is 22.1. The van der Waals surface area contributed by atoms with Crippen LogP contribution in [-0.2, 0) is 9.47 Å². The fraction of sp³-hybridized carbons (Fsp3) is 0.419. The van der Waals surface area contributed by atoms with E-state index >= 15 is 0 Å². The molecule has 4 N–H and O–H groups in total. The van der Waals surface area contributed by atoms with Crippen LogP contribution in [0.5, 0.6) is 23.0 Å². The lowest BCUT2D eigenvalue weighted by atomic mass is 10.1. The molecule has 0 unspecified atom stereocenters. The van der Waals surface area contributed by atoms with Crippen molar-refractivity contribution < 1.29 is 63.0 Å². The minimum atomic E-state index is -0.910. The number of carbonyl (C=O) groups excluding carboxylic acids is 4. The lowest BCUT2D eigenvalue weighted by Gasteiger charge is -2.25. The summed E-state index contributed by atoms with van der Waals surface area (Å²) in [5.74, 6) is -1.40. The molecule has 2 aromatic carbocycles.